The lowest BCUT2D eigenvalue weighted by Gasteiger charge is -2.52. The Morgan fingerprint density at radius 3 is 1.97 bits per heavy atom. The zero-order valence-electron chi connectivity index (χ0n) is 21.8. The molecule has 2 aliphatic carbocycles. The molecular formula is C27H43N3O3. The number of hydroxylamine groups is 2. The molecule has 0 unspecified atom stereocenters. The van der Waals surface area contributed by atoms with Crippen molar-refractivity contribution < 1.29 is 14.4 Å². The third-order valence-electron chi connectivity index (χ3n) is 8.46. The Morgan fingerprint density at radius 2 is 1.48 bits per heavy atom. The van der Waals surface area contributed by atoms with Gasteiger partial charge in [-0.25, -0.2) is 0 Å². The van der Waals surface area contributed by atoms with Gasteiger partial charge in [0.2, 0.25) is 0 Å². The molecule has 33 heavy (non-hydrogen) atoms. The molecule has 1 heterocycles. The monoisotopic (exact) mass is 457 g/mol. The first-order valence-electron chi connectivity index (χ1n) is 12.7. The SMILES string of the molecule is CC(C)(C)OC(=O)[C@H]1C[C@@H](CON2C(C)(C)CCCC2(C)C)C(C#N)(C#N)C12CCCCC2. The number of esters is 1. The van der Waals surface area contributed by atoms with Gasteiger partial charge in [-0.3, -0.25) is 9.63 Å². The van der Waals surface area contributed by atoms with E-state index in [2.05, 4.69) is 44.9 Å². The highest BCUT2D eigenvalue weighted by atomic mass is 16.7. The van der Waals surface area contributed by atoms with Crippen molar-refractivity contribution in [3.05, 3.63) is 0 Å². The number of piperidine rings is 1. The van der Waals surface area contributed by atoms with E-state index in [4.69, 9.17) is 9.57 Å². The van der Waals surface area contributed by atoms with E-state index in [0.29, 0.717) is 6.42 Å². The number of carbonyl (C=O) groups excluding carboxylic acids is 1. The Bertz CT molecular complexity index is 791. The molecule has 0 aromatic heterocycles. The van der Waals surface area contributed by atoms with Gasteiger partial charge in [-0.05, 0) is 87.0 Å². The van der Waals surface area contributed by atoms with Crippen LogP contribution in [-0.2, 0) is 14.4 Å². The minimum absolute atomic E-state index is 0.130. The minimum Gasteiger partial charge on any atom is -0.460 e. The van der Waals surface area contributed by atoms with Crippen LogP contribution in [0.15, 0.2) is 0 Å². The first-order valence-corrected chi connectivity index (χ1v) is 12.7. The number of nitrogens with zero attached hydrogens (tertiary/aromatic N) is 3. The topological polar surface area (TPSA) is 86.3 Å². The maximum atomic E-state index is 13.4. The second kappa shape index (κ2) is 8.86. The van der Waals surface area contributed by atoms with Crippen LogP contribution in [-0.4, -0.2) is 34.3 Å². The maximum absolute atomic E-state index is 13.4. The number of ether oxygens (including phenoxy) is 1. The van der Waals surface area contributed by atoms with Gasteiger partial charge in [-0.2, -0.15) is 15.6 Å². The highest BCUT2D eigenvalue weighted by Gasteiger charge is 2.68. The van der Waals surface area contributed by atoms with E-state index in [9.17, 15) is 15.3 Å². The molecule has 3 aliphatic rings. The van der Waals surface area contributed by atoms with E-state index in [0.717, 1.165) is 51.4 Å². The van der Waals surface area contributed by atoms with Gasteiger partial charge in [0.15, 0.2) is 5.41 Å². The van der Waals surface area contributed by atoms with E-state index >= 15 is 0 Å². The molecule has 3 rings (SSSR count). The summed E-state index contributed by atoms with van der Waals surface area (Å²) in [6.07, 6.45) is 8.06. The largest absolute Gasteiger partial charge is 0.460 e. The highest BCUT2D eigenvalue weighted by molar-refractivity contribution is 5.75. The Kier molecular flexibility index (Phi) is 6.98. The van der Waals surface area contributed by atoms with Gasteiger partial charge in [0.05, 0.1) is 24.7 Å². The van der Waals surface area contributed by atoms with Crippen LogP contribution < -0.4 is 0 Å². The summed E-state index contributed by atoms with van der Waals surface area (Å²) in [5.74, 6) is -1.05. The third kappa shape index (κ3) is 4.54. The maximum Gasteiger partial charge on any atom is 0.310 e. The molecular weight excluding hydrogens is 414 g/mol. The molecule has 3 fully saturated rings. The molecule has 0 bridgehead atoms. The zero-order chi connectivity index (χ0) is 24.7. The number of hydrogen-bond donors (Lipinski definition) is 0. The summed E-state index contributed by atoms with van der Waals surface area (Å²) < 4.78 is 5.83. The van der Waals surface area contributed by atoms with Crippen molar-refractivity contribution in [3.63, 3.8) is 0 Å². The first-order chi connectivity index (χ1) is 15.2. The molecule has 6 heteroatoms. The average Bonchev–Trinajstić information content (AvgIpc) is 2.95. The van der Waals surface area contributed by atoms with Gasteiger partial charge in [0, 0.05) is 22.4 Å². The van der Waals surface area contributed by atoms with Crippen molar-refractivity contribution >= 4 is 5.97 Å². The average molecular weight is 458 g/mol. The Morgan fingerprint density at radius 1 is 0.939 bits per heavy atom. The smallest absolute Gasteiger partial charge is 0.310 e. The van der Waals surface area contributed by atoms with E-state index in [-0.39, 0.29) is 29.6 Å². The molecule has 0 aromatic carbocycles. The van der Waals surface area contributed by atoms with E-state index in [1.165, 1.54) is 0 Å². The zero-order valence-corrected chi connectivity index (χ0v) is 21.8. The Hall–Kier alpha value is -1.63. The van der Waals surface area contributed by atoms with Gasteiger partial charge < -0.3 is 4.74 Å². The molecule has 1 spiro atoms. The fraction of sp³-hybridized carbons (Fsp3) is 0.889. The second-order valence-corrected chi connectivity index (χ2v) is 12.8. The summed E-state index contributed by atoms with van der Waals surface area (Å²) in [5, 5.41) is 23.1. The quantitative estimate of drug-likeness (QED) is 0.487. The molecule has 0 amide bonds. The molecule has 0 aromatic rings. The number of carbonyl (C=O) groups is 1. The van der Waals surface area contributed by atoms with Crippen LogP contribution in [0, 0.1) is 45.3 Å². The van der Waals surface area contributed by atoms with Gasteiger partial charge in [-0.15, -0.1) is 0 Å². The summed E-state index contributed by atoms with van der Waals surface area (Å²) in [6, 6.07) is 4.89. The summed E-state index contributed by atoms with van der Waals surface area (Å²) in [4.78, 5) is 19.9. The van der Waals surface area contributed by atoms with Crippen LogP contribution in [0.4, 0.5) is 0 Å². The number of rotatable bonds is 4. The van der Waals surface area contributed by atoms with Crippen LogP contribution in [0.25, 0.3) is 0 Å². The molecule has 184 valence electrons. The number of hydrogen-bond acceptors (Lipinski definition) is 6. The normalized spacial score (nSPS) is 30.3. The molecule has 1 saturated heterocycles. The van der Waals surface area contributed by atoms with Crippen molar-refractivity contribution in [1.29, 1.82) is 10.5 Å². The highest BCUT2D eigenvalue weighted by Crippen LogP contribution is 2.65. The van der Waals surface area contributed by atoms with E-state index in [1.54, 1.807) is 0 Å². The van der Waals surface area contributed by atoms with Gasteiger partial charge >= 0.3 is 5.97 Å². The number of nitriles is 2. The lowest BCUT2D eigenvalue weighted by molar-refractivity contribution is -0.288. The van der Waals surface area contributed by atoms with E-state index in [1.807, 2.05) is 20.8 Å². The minimum atomic E-state index is -1.25. The first kappa shape index (κ1) is 26.0. The predicted molar refractivity (Wildman–Crippen MR) is 126 cm³/mol. The second-order valence-electron chi connectivity index (χ2n) is 12.8. The van der Waals surface area contributed by atoms with Crippen LogP contribution in [0.3, 0.4) is 0 Å². The molecule has 0 N–H and O–H groups in total. The Balaban J connectivity index is 1.95. The molecule has 1 aliphatic heterocycles. The fourth-order valence-electron chi connectivity index (χ4n) is 7.10. The summed E-state index contributed by atoms with van der Waals surface area (Å²) in [5.41, 5.74) is -2.78. The van der Waals surface area contributed by atoms with Gasteiger partial charge in [-0.1, -0.05) is 19.3 Å². The summed E-state index contributed by atoms with van der Waals surface area (Å²) in [7, 11) is 0. The van der Waals surface area contributed by atoms with Crippen molar-refractivity contribution in [2.45, 2.75) is 123 Å². The van der Waals surface area contributed by atoms with Crippen molar-refractivity contribution in [1.82, 2.24) is 5.06 Å². The van der Waals surface area contributed by atoms with Crippen molar-refractivity contribution in [2.24, 2.45) is 22.7 Å². The molecule has 2 atom stereocenters. The van der Waals surface area contributed by atoms with Crippen LogP contribution in [0.2, 0.25) is 0 Å². The lowest BCUT2D eigenvalue weighted by atomic mass is 9.55. The Labute approximate surface area is 200 Å². The van der Waals surface area contributed by atoms with Crippen molar-refractivity contribution in [3.8, 4) is 12.1 Å². The lowest BCUT2D eigenvalue weighted by Crippen LogP contribution is -2.58. The van der Waals surface area contributed by atoms with Gasteiger partial charge in [0.1, 0.15) is 5.60 Å². The standard InChI is InChI=1S/C27H43N3O3/c1-23(2,3)33-22(31)21-16-20(17-32-30-24(4,5)12-11-13-25(30,6)7)27(18-28,19-29)26(21)14-9-8-10-15-26/h20-21H,8-17H2,1-7H3/t20-,21+/m0/s1. The van der Waals surface area contributed by atoms with Crippen LogP contribution in [0.1, 0.15) is 106 Å². The van der Waals surface area contributed by atoms with Gasteiger partial charge in [0.25, 0.3) is 0 Å². The fourth-order valence-corrected chi connectivity index (χ4v) is 7.10. The third-order valence-corrected chi connectivity index (χ3v) is 8.46. The summed E-state index contributed by atoms with van der Waals surface area (Å²) in [6.45, 7) is 14.7. The van der Waals surface area contributed by atoms with E-state index < -0.39 is 22.3 Å². The van der Waals surface area contributed by atoms with Crippen LogP contribution >= 0.6 is 0 Å². The molecule has 6 nitrogen and oxygen atoms in total. The summed E-state index contributed by atoms with van der Waals surface area (Å²) >= 11 is 0. The predicted octanol–water partition coefficient (Wildman–Crippen LogP) is 5.92. The van der Waals surface area contributed by atoms with Crippen LogP contribution in [0.5, 0.6) is 0 Å². The molecule has 0 radical (unpaired) electrons. The molecule has 2 saturated carbocycles. The van der Waals surface area contributed by atoms with Crippen molar-refractivity contribution in [2.75, 3.05) is 6.61 Å².